The Balaban J connectivity index is 2.16. The van der Waals surface area contributed by atoms with Gasteiger partial charge in [-0.3, -0.25) is 4.79 Å². The summed E-state index contributed by atoms with van der Waals surface area (Å²) in [6.07, 6.45) is 2.11. The largest absolute Gasteiger partial charge is 0.345 e. The van der Waals surface area contributed by atoms with Gasteiger partial charge < -0.3 is 11.1 Å². The van der Waals surface area contributed by atoms with Crippen LogP contribution in [0.15, 0.2) is 18.2 Å². The molecule has 0 radical (unpaired) electrons. The first-order chi connectivity index (χ1) is 8.46. The molecule has 0 spiro atoms. The summed E-state index contributed by atoms with van der Waals surface area (Å²) in [6, 6.07) is 4.01. The number of nitrogens with one attached hydrogen (secondary N) is 1. The molecule has 1 fully saturated rings. The van der Waals surface area contributed by atoms with Crippen LogP contribution < -0.4 is 11.1 Å². The van der Waals surface area contributed by atoms with Gasteiger partial charge >= 0.3 is 0 Å². The highest BCUT2D eigenvalue weighted by molar-refractivity contribution is 6.30. The summed E-state index contributed by atoms with van der Waals surface area (Å²) < 4.78 is 13.6. The average molecular weight is 271 g/mol. The second kappa shape index (κ2) is 4.86. The van der Waals surface area contributed by atoms with Gasteiger partial charge in [0.05, 0.1) is 11.1 Å². The van der Waals surface area contributed by atoms with Crippen molar-refractivity contribution in [2.24, 2.45) is 11.7 Å². The molecule has 1 unspecified atom stereocenters. The number of rotatable bonds is 4. The molecule has 2 rings (SSSR count). The van der Waals surface area contributed by atoms with Crippen LogP contribution in [-0.2, 0) is 0 Å². The number of carbonyl (C=O) groups is 1. The summed E-state index contributed by atoms with van der Waals surface area (Å²) in [4.78, 5) is 12.0. The normalized spacial score (nSPS) is 18.2. The first kappa shape index (κ1) is 13.3. The fourth-order valence-corrected chi connectivity index (χ4v) is 2.20. The lowest BCUT2D eigenvalue weighted by atomic mass is 9.95. The zero-order valence-electron chi connectivity index (χ0n) is 10.2. The zero-order valence-corrected chi connectivity index (χ0v) is 10.9. The van der Waals surface area contributed by atoms with E-state index in [0.29, 0.717) is 12.5 Å². The lowest BCUT2D eigenvalue weighted by molar-refractivity contribution is 0.0893. The van der Waals surface area contributed by atoms with Crippen molar-refractivity contribution in [1.82, 2.24) is 5.32 Å². The van der Waals surface area contributed by atoms with Crippen LogP contribution in [0.1, 0.15) is 30.1 Å². The van der Waals surface area contributed by atoms with Crippen LogP contribution in [0.4, 0.5) is 4.39 Å². The van der Waals surface area contributed by atoms with Crippen molar-refractivity contribution in [1.29, 1.82) is 0 Å². The van der Waals surface area contributed by atoms with Crippen molar-refractivity contribution in [2.45, 2.75) is 25.3 Å². The molecule has 3 nitrogen and oxygen atoms in total. The lowest BCUT2D eigenvalue weighted by Crippen LogP contribution is -2.53. The number of halogens is 2. The molecule has 0 aliphatic heterocycles. The van der Waals surface area contributed by atoms with Crippen molar-refractivity contribution >= 4 is 17.5 Å². The van der Waals surface area contributed by atoms with Crippen LogP contribution >= 0.6 is 11.6 Å². The number of nitrogens with two attached hydrogens (primary N) is 1. The van der Waals surface area contributed by atoms with Crippen molar-refractivity contribution in [3.05, 3.63) is 34.6 Å². The smallest absolute Gasteiger partial charge is 0.254 e. The molecule has 1 aromatic carbocycles. The third kappa shape index (κ3) is 2.65. The van der Waals surface area contributed by atoms with E-state index in [9.17, 15) is 9.18 Å². The third-order valence-electron chi connectivity index (χ3n) is 3.48. The van der Waals surface area contributed by atoms with Gasteiger partial charge in [-0.25, -0.2) is 4.39 Å². The second-order valence-corrected chi connectivity index (χ2v) is 5.41. The third-order valence-corrected chi connectivity index (χ3v) is 3.71. The van der Waals surface area contributed by atoms with Crippen molar-refractivity contribution in [2.75, 3.05) is 6.54 Å². The van der Waals surface area contributed by atoms with Crippen LogP contribution in [0.5, 0.6) is 0 Å². The van der Waals surface area contributed by atoms with Crippen molar-refractivity contribution in [3.8, 4) is 0 Å². The summed E-state index contributed by atoms with van der Waals surface area (Å²) >= 11 is 5.65. The molecule has 1 atom stereocenters. The molecule has 3 N–H and O–H groups in total. The Labute approximate surface area is 111 Å². The summed E-state index contributed by atoms with van der Waals surface area (Å²) in [5.74, 6) is -0.666. The fourth-order valence-electron chi connectivity index (χ4n) is 2.04. The van der Waals surface area contributed by atoms with E-state index in [-0.39, 0.29) is 10.6 Å². The highest BCUT2D eigenvalue weighted by Gasteiger charge is 2.41. The Hall–Kier alpha value is -1.13. The number of amides is 1. The molecule has 1 amide bonds. The standard InChI is InChI=1S/C13H16ClFN2O/c1-13(7-16,8-2-3-8)17-12(18)10-5-4-9(14)6-11(10)15/h4-6,8H,2-3,7,16H2,1H3,(H,17,18). The summed E-state index contributed by atoms with van der Waals surface area (Å²) in [5, 5.41) is 3.11. The maximum Gasteiger partial charge on any atom is 0.254 e. The van der Waals surface area contributed by atoms with Gasteiger partial charge in [0.15, 0.2) is 0 Å². The average Bonchev–Trinajstić information content (AvgIpc) is 3.12. The Kier molecular flexibility index (Phi) is 3.59. The first-order valence-corrected chi connectivity index (χ1v) is 6.32. The van der Waals surface area contributed by atoms with E-state index in [2.05, 4.69) is 5.32 Å². The van der Waals surface area contributed by atoms with Gasteiger partial charge in [0.25, 0.3) is 5.91 Å². The molecule has 1 aliphatic rings. The van der Waals surface area contributed by atoms with Crippen LogP contribution in [0, 0.1) is 11.7 Å². The van der Waals surface area contributed by atoms with Crippen LogP contribution in [0.25, 0.3) is 0 Å². The predicted molar refractivity (Wildman–Crippen MR) is 69.1 cm³/mol. The van der Waals surface area contributed by atoms with Gasteiger partial charge in [0.2, 0.25) is 0 Å². The van der Waals surface area contributed by atoms with Gasteiger partial charge in [0.1, 0.15) is 5.82 Å². The molecule has 0 aromatic heterocycles. The minimum absolute atomic E-state index is 0.000255. The van der Waals surface area contributed by atoms with Gasteiger partial charge in [-0.05, 0) is 43.9 Å². The predicted octanol–water partition coefficient (Wildman–Crippen LogP) is 2.34. The Morgan fingerprint density at radius 2 is 2.28 bits per heavy atom. The van der Waals surface area contributed by atoms with Gasteiger partial charge in [0, 0.05) is 11.6 Å². The zero-order chi connectivity index (χ0) is 13.3. The molecule has 5 heteroatoms. The minimum atomic E-state index is -0.616. The summed E-state index contributed by atoms with van der Waals surface area (Å²) in [6.45, 7) is 2.25. The lowest BCUT2D eigenvalue weighted by Gasteiger charge is -2.29. The van der Waals surface area contributed by atoms with Crippen LogP contribution in [0.3, 0.4) is 0 Å². The maximum atomic E-state index is 13.6. The van der Waals surface area contributed by atoms with Crippen LogP contribution in [-0.4, -0.2) is 18.0 Å². The summed E-state index contributed by atoms with van der Waals surface area (Å²) in [5.41, 5.74) is 5.25. The molecule has 0 bridgehead atoms. The molecule has 98 valence electrons. The minimum Gasteiger partial charge on any atom is -0.345 e. The number of carbonyl (C=O) groups excluding carboxylic acids is 1. The van der Waals surface area contributed by atoms with E-state index in [1.165, 1.54) is 12.1 Å². The topological polar surface area (TPSA) is 55.1 Å². The van der Waals surface area contributed by atoms with E-state index >= 15 is 0 Å². The Morgan fingerprint density at radius 1 is 1.61 bits per heavy atom. The van der Waals surface area contributed by atoms with Gasteiger partial charge in [-0.15, -0.1) is 0 Å². The van der Waals surface area contributed by atoms with Gasteiger partial charge in [-0.1, -0.05) is 11.6 Å². The van der Waals surface area contributed by atoms with E-state index in [4.69, 9.17) is 17.3 Å². The first-order valence-electron chi connectivity index (χ1n) is 5.94. The monoisotopic (exact) mass is 270 g/mol. The van der Waals surface area contributed by atoms with Crippen molar-refractivity contribution < 1.29 is 9.18 Å². The Morgan fingerprint density at radius 3 is 2.78 bits per heavy atom. The highest BCUT2D eigenvalue weighted by atomic mass is 35.5. The molecule has 18 heavy (non-hydrogen) atoms. The fraction of sp³-hybridized carbons (Fsp3) is 0.462. The quantitative estimate of drug-likeness (QED) is 0.882. The second-order valence-electron chi connectivity index (χ2n) is 4.97. The molecule has 1 saturated carbocycles. The SMILES string of the molecule is CC(CN)(NC(=O)c1ccc(Cl)cc1F)C1CC1. The van der Waals surface area contributed by atoms with E-state index in [1.807, 2.05) is 6.92 Å². The number of benzene rings is 1. The highest BCUT2D eigenvalue weighted by Crippen LogP contribution is 2.39. The van der Waals surface area contributed by atoms with Crippen LogP contribution in [0.2, 0.25) is 5.02 Å². The van der Waals surface area contributed by atoms with E-state index in [0.717, 1.165) is 18.9 Å². The molecule has 0 heterocycles. The van der Waals surface area contributed by atoms with Gasteiger partial charge in [-0.2, -0.15) is 0 Å². The molecule has 1 aliphatic carbocycles. The Bertz CT molecular complexity index is 476. The molecule has 1 aromatic rings. The molecular formula is C13H16ClFN2O. The van der Waals surface area contributed by atoms with E-state index < -0.39 is 17.3 Å². The van der Waals surface area contributed by atoms with Crippen molar-refractivity contribution in [3.63, 3.8) is 0 Å². The maximum absolute atomic E-state index is 13.6. The molecule has 0 saturated heterocycles. The van der Waals surface area contributed by atoms with E-state index in [1.54, 1.807) is 0 Å². The summed E-state index contributed by atoms with van der Waals surface area (Å²) in [7, 11) is 0. The molecular weight excluding hydrogens is 255 g/mol. The number of hydrogen-bond acceptors (Lipinski definition) is 2. The number of hydrogen-bond donors (Lipinski definition) is 2.